The Bertz CT molecular complexity index is 481. The Morgan fingerprint density at radius 3 is 2.59 bits per heavy atom. The zero-order valence-electron chi connectivity index (χ0n) is 13.4. The van der Waals surface area contributed by atoms with E-state index in [0.717, 1.165) is 43.8 Å². The molecule has 0 atom stereocenters. The van der Waals surface area contributed by atoms with Gasteiger partial charge in [-0.25, -0.2) is 0 Å². The molecule has 0 aromatic heterocycles. The van der Waals surface area contributed by atoms with E-state index in [9.17, 15) is 0 Å². The van der Waals surface area contributed by atoms with Crippen LogP contribution < -0.4 is 15.8 Å². The van der Waals surface area contributed by atoms with Crippen LogP contribution in [0.25, 0.3) is 0 Å². The van der Waals surface area contributed by atoms with Crippen LogP contribution in [0.1, 0.15) is 25.7 Å². The van der Waals surface area contributed by atoms with Gasteiger partial charge in [-0.1, -0.05) is 0 Å². The molecular weight excluding hydrogens is 278 g/mol. The molecule has 1 heterocycles. The first kappa shape index (κ1) is 15.4. The van der Waals surface area contributed by atoms with Gasteiger partial charge in [0, 0.05) is 36.9 Å². The second-order valence-corrected chi connectivity index (χ2v) is 6.25. The van der Waals surface area contributed by atoms with Crippen molar-refractivity contribution in [2.45, 2.75) is 37.8 Å². The molecule has 1 saturated heterocycles. The second kappa shape index (κ2) is 7.20. The lowest BCUT2D eigenvalue weighted by molar-refractivity contribution is 0.00791. The number of ether oxygens (including phenoxy) is 2. The van der Waals surface area contributed by atoms with Crippen molar-refractivity contribution in [1.29, 1.82) is 0 Å². The molecule has 3 rings (SSSR count). The van der Waals surface area contributed by atoms with Gasteiger partial charge in [-0.2, -0.15) is 0 Å². The van der Waals surface area contributed by atoms with Crippen molar-refractivity contribution in [3.05, 3.63) is 18.2 Å². The van der Waals surface area contributed by atoms with Crippen LogP contribution in [0.5, 0.6) is 5.75 Å². The van der Waals surface area contributed by atoms with E-state index in [2.05, 4.69) is 10.2 Å². The molecule has 2 fully saturated rings. The molecule has 22 heavy (non-hydrogen) atoms. The van der Waals surface area contributed by atoms with Crippen LogP contribution in [-0.4, -0.2) is 50.4 Å². The topological polar surface area (TPSA) is 59.8 Å². The van der Waals surface area contributed by atoms with E-state index in [-0.39, 0.29) is 0 Å². The molecule has 0 bridgehead atoms. The van der Waals surface area contributed by atoms with Crippen LogP contribution >= 0.6 is 0 Å². The third kappa shape index (κ3) is 3.65. The zero-order chi connectivity index (χ0) is 15.4. The van der Waals surface area contributed by atoms with Crippen LogP contribution in [0.2, 0.25) is 0 Å². The monoisotopic (exact) mass is 305 g/mol. The Labute approximate surface area is 132 Å². The summed E-state index contributed by atoms with van der Waals surface area (Å²) in [6.45, 7) is 3.97. The molecule has 1 aliphatic heterocycles. The number of nitrogen functional groups attached to an aromatic ring is 1. The number of anilines is 2. The molecule has 0 amide bonds. The van der Waals surface area contributed by atoms with E-state index in [0.29, 0.717) is 11.7 Å². The average Bonchev–Trinajstić information content (AvgIpc) is 2.58. The molecule has 0 unspecified atom stereocenters. The molecule has 0 spiro atoms. The first-order chi connectivity index (χ1) is 10.8. The lowest BCUT2D eigenvalue weighted by Gasteiger charge is -2.39. The Kier molecular flexibility index (Phi) is 5.05. The second-order valence-electron chi connectivity index (χ2n) is 6.25. The normalized spacial score (nSPS) is 26.6. The number of methoxy groups -OCH3 is 1. The van der Waals surface area contributed by atoms with Crippen molar-refractivity contribution in [3.8, 4) is 5.75 Å². The maximum absolute atomic E-state index is 5.87. The summed E-state index contributed by atoms with van der Waals surface area (Å²) >= 11 is 0. The summed E-state index contributed by atoms with van der Waals surface area (Å²) in [7, 11) is 1.66. The summed E-state index contributed by atoms with van der Waals surface area (Å²) in [5.74, 6) is 0.743. The summed E-state index contributed by atoms with van der Waals surface area (Å²) in [6.07, 6.45) is 4.97. The molecule has 122 valence electrons. The van der Waals surface area contributed by atoms with Crippen LogP contribution in [0.4, 0.5) is 11.4 Å². The minimum absolute atomic E-state index is 0.547. The summed E-state index contributed by atoms with van der Waals surface area (Å²) in [5, 5.41) is 3.63. The average molecular weight is 305 g/mol. The quantitative estimate of drug-likeness (QED) is 0.836. The Hall–Kier alpha value is -1.46. The van der Waals surface area contributed by atoms with Crippen LogP contribution in [0, 0.1) is 0 Å². The predicted octanol–water partition coefficient (Wildman–Crippen LogP) is 2.33. The number of rotatable bonds is 4. The fourth-order valence-corrected chi connectivity index (χ4v) is 3.56. The number of benzene rings is 1. The van der Waals surface area contributed by atoms with E-state index in [4.69, 9.17) is 15.2 Å². The SMILES string of the molecule is COc1cc(NC2CCC(N3CCOCC3)CC2)ccc1N. The standard InChI is InChI=1S/C17H27N3O2/c1-21-17-12-14(4-7-16(17)18)19-13-2-5-15(6-3-13)20-8-10-22-11-9-20/h4,7,12-13,15,19H,2-3,5-6,8-11,18H2,1H3. The van der Waals surface area contributed by atoms with E-state index in [1.54, 1.807) is 7.11 Å². The highest BCUT2D eigenvalue weighted by Crippen LogP contribution is 2.29. The van der Waals surface area contributed by atoms with Crippen molar-refractivity contribution < 1.29 is 9.47 Å². The van der Waals surface area contributed by atoms with Gasteiger partial charge < -0.3 is 20.5 Å². The minimum Gasteiger partial charge on any atom is -0.495 e. The van der Waals surface area contributed by atoms with E-state index >= 15 is 0 Å². The highest BCUT2D eigenvalue weighted by molar-refractivity contribution is 5.61. The minimum atomic E-state index is 0.547. The van der Waals surface area contributed by atoms with Gasteiger partial charge in [0.1, 0.15) is 5.75 Å². The Morgan fingerprint density at radius 2 is 1.91 bits per heavy atom. The molecule has 5 heteroatoms. The molecular formula is C17H27N3O2. The number of nitrogens with zero attached hydrogens (tertiary/aromatic N) is 1. The number of hydrogen-bond acceptors (Lipinski definition) is 5. The van der Waals surface area contributed by atoms with Gasteiger partial charge in [0.25, 0.3) is 0 Å². The van der Waals surface area contributed by atoms with Crippen molar-refractivity contribution in [2.75, 3.05) is 44.5 Å². The summed E-state index contributed by atoms with van der Waals surface area (Å²) in [6, 6.07) is 7.21. The highest BCUT2D eigenvalue weighted by atomic mass is 16.5. The molecule has 1 aliphatic carbocycles. The van der Waals surface area contributed by atoms with Crippen LogP contribution in [0.15, 0.2) is 18.2 Å². The van der Waals surface area contributed by atoms with Gasteiger partial charge in [0.15, 0.2) is 0 Å². The predicted molar refractivity (Wildman–Crippen MR) is 89.5 cm³/mol. The lowest BCUT2D eigenvalue weighted by atomic mass is 9.89. The lowest BCUT2D eigenvalue weighted by Crippen LogP contribution is -2.46. The number of nitrogens with one attached hydrogen (secondary N) is 1. The van der Waals surface area contributed by atoms with Gasteiger partial charge in [0.2, 0.25) is 0 Å². The smallest absolute Gasteiger partial charge is 0.143 e. The van der Waals surface area contributed by atoms with Gasteiger partial charge in [-0.15, -0.1) is 0 Å². The maximum Gasteiger partial charge on any atom is 0.143 e. The third-order valence-corrected chi connectivity index (χ3v) is 4.86. The van der Waals surface area contributed by atoms with E-state index < -0.39 is 0 Å². The fraction of sp³-hybridized carbons (Fsp3) is 0.647. The number of nitrogens with two attached hydrogens (primary N) is 1. The molecule has 1 aromatic carbocycles. The van der Waals surface area contributed by atoms with Crippen molar-refractivity contribution in [1.82, 2.24) is 4.90 Å². The summed E-state index contributed by atoms with van der Waals surface area (Å²) < 4.78 is 10.7. The molecule has 1 aromatic rings. The molecule has 0 radical (unpaired) electrons. The number of hydrogen-bond donors (Lipinski definition) is 2. The van der Waals surface area contributed by atoms with E-state index in [1.165, 1.54) is 25.7 Å². The zero-order valence-corrected chi connectivity index (χ0v) is 13.4. The molecule has 5 nitrogen and oxygen atoms in total. The molecule has 3 N–H and O–H groups in total. The van der Waals surface area contributed by atoms with Crippen LogP contribution in [-0.2, 0) is 4.74 Å². The van der Waals surface area contributed by atoms with Crippen molar-refractivity contribution in [2.24, 2.45) is 0 Å². The van der Waals surface area contributed by atoms with Gasteiger partial charge in [0.05, 0.1) is 26.0 Å². The molecule has 2 aliphatic rings. The van der Waals surface area contributed by atoms with Gasteiger partial charge in [-0.05, 0) is 37.8 Å². The first-order valence-electron chi connectivity index (χ1n) is 8.28. The fourth-order valence-electron chi connectivity index (χ4n) is 3.56. The van der Waals surface area contributed by atoms with Crippen molar-refractivity contribution in [3.63, 3.8) is 0 Å². The summed E-state index contributed by atoms with van der Waals surface area (Å²) in [5.41, 5.74) is 7.65. The van der Waals surface area contributed by atoms with Gasteiger partial charge >= 0.3 is 0 Å². The Balaban J connectivity index is 1.51. The third-order valence-electron chi connectivity index (χ3n) is 4.86. The molecule has 1 saturated carbocycles. The van der Waals surface area contributed by atoms with E-state index in [1.807, 2.05) is 18.2 Å². The number of morpholine rings is 1. The van der Waals surface area contributed by atoms with Crippen molar-refractivity contribution >= 4 is 11.4 Å². The Morgan fingerprint density at radius 1 is 1.18 bits per heavy atom. The van der Waals surface area contributed by atoms with Gasteiger partial charge in [-0.3, -0.25) is 4.90 Å². The first-order valence-corrected chi connectivity index (χ1v) is 8.28. The highest BCUT2D eigenvalue weighted by Gasteiger charge is 2.26. The largest absolute Gasteiger partial charge is 0.495 e. The maximum atomic E-state index is 5.87. The summed E-state index contributed by atoms with van der Waals surface area (Å²) in [4.78, 5) is 2.60. The van der Waals surface area contributed by atoms with Crippen LogP contribution in [0.3, 0.4) is 0 Å².